The summed E-state index contributed by atoms with van der Waals surface area (Å²) < 4.78 is 33.8. The van der Waals surface area contributed by atoms with E-state index in [1.807, 2.05) is 18.1 Å². The molecule has 0 aromatic heterocycles. The molecule has 3 rings (SSSR count). The van der Waals surface area contributed by atoms with Gasteiger partial charge in [-0.25, -0.2) is 8.42 Å². The maximum Gasteiger partial charge on any atom is 0.261 e. The van der Waals surface area contributed by atoms with Crippen molar-refractivity contribution in [2.24, 2.45) is 5.92 Å². The Bertz CT molecular complexity index is 983. The molecule has 30 heavy (non-hydrogen) atoms. The van der Waals surface area contributed by atoms with E-state index < -0.39 is 10.0 Å². The molecule has 2 aromatic rings. The number of carbonyl (C=O) groups is 1. The third-order valence-electron chi connectivity index (χ3n) is 5.20. The van der Waals surface area contributed by atoms with Gasteiger partial charge in [0.15, 0.2) is 0 Å². The fraction of sp³-hybridized carbons (Fsp3) is 0.409. The predicted molar refractivity (Wildman–Crippen MR) is 121 cm³/mol. The van der Waals surface area contributed by atoms with E-state index in [0.717, 1.165) is 17.7 Å². The van der Waals surface area contributed by atoms with Crippen LogP contribution < -0.4 is 9.46 Å². The molecule has 1 amide bonds. The Hall–Kier alpha value is -2.19. The Balaban J connectivity index is 1.84. The third-order valence-corrected chi connectivity index (χ3v) is 7.37. The zero-order valence-electron chi connectivity index (χ0n) is 17.6. The van der Waals surface area contributed by atoms with Gasteiger partial charge < -0.3 is 9.64 Å². The Labute approximate surface area is 183 Å². The van der Waals surface area contributed by atoms with Crippen LogP contribution in [0.25, 0.3) is 0 Å². The van der Waals surface area contributed by atoms with E-state index in [1.165, 1.54) is 23.9 Å². The summed E-state index contributed by atoms with van der Waals surface area (Å²) >= 11 is 1.44. The summed E-state index contributed by atoms with van der Waals surface area (Å²) in [6.07, 6.45) is 3.83. The Morgan fingerprint density at radius 3 is 2.43 bits per heavy atom. The lowest BCUT2D eigenvalue weighted by molar-refractivity contribution is 0.0693. The van der Waals surface area contributed by atoms with Crippen molar-refractivity contribution < 1.29 is 17.9 Å². The van der Waals surface area contributed by atoms with Crippen molar-refractivity contribution in [1.82, 2.24) is 4.90 Å². The van der Waals surface area contributed by atoms with Gasteiger partial charge in [0.1, 0.15) is 5.75 Å². The van der Waals surface area contributed by atoms with Crippen molar-refractivity contribution in [3.63, 3.8) is 0 Å². The van der Waals surface area contributed by atoms with E-state index in [1.54, 1.807) is 30.3 Å². The molecule has 0 atom stereocenters. The number of benzene rings is 2. The maximum absolute atomic E-state index is 13.1. The molecular weight excluding hydrogens is 420 g/mol. The van der Waals surface area contributed by atoms with Crippen LogP contribution in [0.3, 0.4) is 0 Å². The van der Waals surface area contributed by atoms with Gasteiger partial charge >= 0.3 is 0 Å². The molecule has 1 fully saturated rings. The number of piperidine rings is 1. The van der Waals surface area contributed by atoms with Gasteiger partial charge in [0.25, 0.3) is 15.9 Å². The molecule has 0 aliphatic carbocycles. The summed E-state index contributed by atoms with van der Waals surface area (Å²) in [6, 6.07) is 11.5. The molecule has 6 nitrogen and oxygen atoms in total. The number of likely N-dealkylation sites (tertiary alicyclic amines) is 1. The number of carbonyl (C=O) groups excluding carboxylic acids is 1. The van der Waals surface area contributed by atoms with Crippen LogP contribution in [0.15, 0.2) is 52.3 Å². The van der Waals surface area contributed by atoms with Crippen LogP contribution in [-0.2, 0) is 10.0 Å². The van der Waals surface area contributed by atoms with Gasteiger partial charge in [-0.05, 0) is 74.4 Å². The van der Waals surface area contributed by atoms with Gasteiger partial charge in [0.05, 0.1) is 17.1 Å². The first kappa shape index (κ1) is 22.5. The number of nitrogens with zero attached hydrogens (tertiary/aromatic N) is 1. The molecule has 0 unspecified atom stereocenters. The zero-order valence-corrected chi connectivity index (χ0v) is 19.2. The maximum atomic E-state index is 13.1. The first-order valence-corrected chi connectivity index (χ1v) is 12.8. The predicted octanol–water partition coefficient (Wildman–Crippen LogP) is 4.48. The van der Waals surface area contributed by atoms with Crippen LogP contribution in [0, 0.1) is 5.92 Å². The van der Waals surface area contributed by atoms with E-state index in [9.17, 15) is 13.2 Å². The minimum atomic E-state index is -3.83. The van der Waals surface area contributed by atoms with Gasteiger partial charge in [-0.15, -0.1) is 11.8 Å². The van der Waals surface area contributed by atoms with Gasteiger partial charge in [0, 0.05) is 23.7 Å². The lowest BCUT2D eigenvalue weighted by Crippen LogP contribution is -2.38. The molecule has 2 aromatic carbocycles. The molecule has 0 saturated carbocycles. The summed E-state index contributed by atoms with van der Waals surface area (Å²) in [5, 5.41) is 0. The van der Waals surface area contributed by atoms with E-state index in [4.69, 9.17) is 4.74 Å². The highest BCUT2D eigenvalue weighted by Gasteiger charge is 2.25. The highest BCUT2D eigenvalue weighted by molar-refractivity contribution is 7.98. The number of rotatable bonds is 7. The van der Waals surface area contributed by atoms with Crippen molar-refractivity contribution in [2.75, 3.05) is 30.7 Å². The van der Waals surface area contributed by atoms with Crippen LogP contribution in [0.4, 0.5) is 5.69 Å². The Morgan fingerprint density at radius 1 is 1.17 bits per heavy atom. The minimum Gasteiger partial charge on any atom is -0.494 e. The van der Waals surface area contributed by atoms with Crippen molar-refractivity contribution in [3.05, 3.63) is 48.0 Å². The summed E-state index contributed by atoms with van der Waals surface area (Å²) in [5.41, 5.74) is 0.872. The normalized spacial score (nSPS) is 15.1. The van der Waals surface area contributed by atoms with Crippen LogP contribution in [-0.4, -0.2) is 45.2 Å². The number of anilines is 1. The highest BCUT2D eigenvalue weighted by Crippen LogP contribution is 2.28. The average Bonchev–Trinajstić information content (AvgIpc) is 2.74. The first-order chi connectivity index (χ1) is 14.3. The van der Waals surface area contributed by atoms with Crippen LogP contribution in [0.5, 0.6) is 5.75 Å². The highest BCUT2D eigenvalue weighted by atomic mass is 32.2. The number of hydrogen-bond acceptors (Lipinski definition) is 5. The topological polar surface area (TPSA) is 75.7 Å². The third kappa shape index (κ3) is 5.29. The van der Waals surface area contributed by atoms with Crippen LogP contribution in [0.1, 0.15) is 37.0 Å². The number of thioether (sulfide) groups is 1. The minimum absolute atomic E-state index is 0.0721. The molecule has 0 radical (unpaired) electrons. The number of sulfonamides is 1. The molecule has 1 aliphatic heterocycles. The van der Waals surface area contributed by atoms with Crippen molar-refractivity contribution >= 4 is 33.4 Å². The summed E-state index contributed by atoms with van der Waals surface area (Å²) in [7, 11) is -3.83. The second kappa shape index (κ2) is 9.75. The monoisotopic (exact) mass is 448 g/mol. The second-order valence-electron chi connectivity index (χ2n) is 7.40. The molecule has 0 bridgehead atoms. The van der Waals surface area contributed by atoms with Crippen molar-refractivity contribution in [2.45, 2.75) is 36.5 Å². The average molecular weight is 449 g/mol. The fourth-order valence-corrected chi connectivity index (χ4v) is 5.06. The largest absolute Gasteiger partial charge is 0.494 e. The van der Waals surface area contributed by atoms with Crippen molar-refractivity contribution in [3.8, 4) is 5.75 Å². The second-order valence-corrected chi connectivity index (χ2v) is 9.93. The van der Waals surface area contributed by atoms with Gasteiger partial charge in [-0.2, -0.15) is 0 Å². The molecule has 162 valence electrons. The number of hydrogen-bond donors (Lipinski definition) is 1. The fourth-order valence-electron chi connectivity index (χ4n) is 3.40. The Kier molecular flexibility index (Phi) is 7.31. The molecule has 1 N–H and O–H groups in total. The molecule has 1 heterocycles. The van der Waals surface area contributed by atoms with Crippen LogP contribution in [0.2, 0.25) is 0 Å². The van der Waals surface area contributed by atoms with E-state index in [-0.39, 0.29) is 10.8 Å². The molecule has 0 spiro atoms. The smallest absolute Gasteiger partial charge is 0.261 e. The van der Waals surface area contributed by atoms with E-state index in [0.29, 0.717) is 42.6 Å². The standard InChI is InChI=1S/C22H28N2O4S2/c1-4-28-18-7-5-17(6-8-18)23-30(26,27)19-9-10-21(29-3)20(15-19)22(25)24-13-11-16(2)12-14-24/h5-10,15-16,23H,4,11-14H2,1-3H3. The van der Waals surface area contributed by atoms with Gasteiger partial charge in [-0.1, -0.05) is 6.92 Å². The molecular formula is C22H28N2O4S2. The molecule has 1 saturated heterocycles. The van der Waals surface area contributed by atoms with E-state index in [2.05, 4.69) is 11.6 Å². The lowest BCUT2D eigenvalue weighted by atomic mass is 9.98. The van der Waals surface area contributed by atoms with Gasteiger partial charge in [-0.3, -0.25) is 9.52 Å². The van der Waals surface area contributed by atoms with Gasteiger partial charge in [0.2, 0.25) is 0 Å². The molecule has 8 heteroatoms. The summed E-state index contributed by atoms with van der Waals surface area (Å²) in [6.45, 7) is 6.02. The lowest BCUT2D eigenvalue weighted by Gasteiger charge is -2.30. The summed E-state index contributed by atoms with van der Waals surface area (Å²) in [5.74, 6) is 1.18. The van der Waals surface area contributed by atoms with Crippen LogP contribution >= 0.6 is 11.8 Å². The number of ether oxygens (including phenoxy) is 1. The van der Waals surface area contributed by atoms with Crippen molar-refractivity contribution in [1.29, 1.82) is 0 Å². The quantitative estimate of drug-likeness (QED) is 0.632. The first-order valence-electron chi connectivity index (χ1n) is 10.1. The number of amides is 1. The number of nitrogens with one attached hydrogen (secondary N) is 1. The molecule has 1 aliphatic rings. The summed E-state index contributed by atoms with van der Waals surface area (Å²) in [4.78, 5) is 15.8. The SMILES string of the molecule is CCOc1ccc(NS(=O)(=O)c2ccc(SC)c(C(=O)N3CCC(C)CC3)c2)cc1. The Morgan fingerprint density at radius 2 is 1.83 bits per heavy atom. The van der Waals surface area contributed by atoms with E-state index >= 15 is 0 Å². The zero-order chi connectivity index (χ0) is 21.7.